The fourth-order valence-corrected chi connectivity index (χ4v) is 1.60. The van der Waals surface area contributed by atoms with Gasteiger partial charge in [-0.3, -0.25) is 0 Å². The van der Waals surface area contributed by atoms with E-state index in [4.69, 9.17) is 9.47 Å². The first-order valence-electron chi connectivity index (χ1n) is 5.56. The topological polar surface area (TPSA) is 38.8 Å². The highest BCUT2D eigenvalue weighted by Gasteiger charge is 2.25. The molecule has 0 saturated heterocycles. The molecule has 1 rings (SSSR count). The summed E-state index contributed by atoms with van der Waals surface area (Å²) >= 11 is 0. The van der Waals surface area contributed by atoms with Gasteiger partial charge < -0.3 is 14.4 Å². The Hall–Kier alpha value is -1.03. The molecule has 0 N–H and O–H groups in total. The lowest BCUT2D eigenvalue weighted by Gasteiger charge is -2.30. The maximum absolute atomic E-state index is 11.8. The molecular weight excluding hydrogens is 206 g/mol. The number of hydrogen-bond donors (Lipinski definition) is 0. The van der Waals surface area contributed by atoms with Crippen molar-refractivity contribution in [3.05, 3.63) is 12.2 Å². The fourth-order valence-electron chi connectivity index (χ4n) is 1.60. The lowest BCUT2D eigenvalue weighted by molar-refractivity contribution is 0.0218. The Bertz CT molecular complexity index is 268. The number of amides is 1. The van der Waals surface area contributed by atoms with Gasteiger partial charge in [0, 0.05) is 26.1 Å². The van der Waals surface area contributed by atoms with Crippen LogP contribution in [0.1, 0.15) is 20.8 Å². The smallest absolute Gasteiger partial charge is 0.410 e. The van der Waals surface area contributed by atoms with Gasteiger partial charge in [0.05, 0.1) is 6.61 Å². The summed E-state index contributed by atoms with van der Waals surface area (Å²) in [7, 11) is 1.67. The molecular formula is C12H21NO3. The molecule has 0 aliphatic carbocycles. The predicted octanol–water partition coefficient (Wildman–Crippen LogP) is 2.06. The molecule has 1 heterocycles. The first kappa shape index (κ1) is 13.0. The Morgan fingerprint density at radius 2 is 2.19 bits per heavy atom. The molecule has 0 spiro atoms. The molecule has 1 aliphatic heterocycles. The van der Waals surface area contributed by atoms with E-state index in [9.17, 15) is 4.79 Å². The minimum atomic E-state index is -0.436. The molecule has 1 aliphatic rings. The van der Waals surface area contributed by atoms with E-state index in [-0.39, 0.29) is 12.0 Å². The summed E-state index contributed by atoms with van der Waals surface area (Å²) in [6, 6.07) is 0. The average Bonchev–Trinajstić information content (AvgIpc) is 2.16. The number of carbonyl (C=O) groups is 1. The van der Waals surface area contributed by atoms with Crippen LogP contribution >= 0.6 is 0 Å². The van der Waals surface area contributed by atoms with E-state index in [1.807, 2.05) is 26.8 Å². The highest BCUT2D eigenvalue weighted by Crippen LogP contribution is 2.14. The van der Waals surface area contributed by atoms with Gasteiger partial charge in [-0.2, -0.15) is 0 Å². The lowest BCUT2D eigenvalue weighted by Crippen LogP contribution is -2.41. The molecule has 4 nitrogen and oxygen atoms in total. The molecule has 0 aromatic rings. The van der Waals surface area contributed by atoms with Crippen molar-refractivity contribution in [3.63, 3.8) is 0 Å². The maximum Gasteiger partial charge on any atom is 0.410 e. The van der Waals surface area contributed by atoms with Gasteiger partial charge in [-0.25, -0.2) is 4.79 Å². The van der Waals surface area contributed by atoms with Crippen LogP contribution in [0.3, 0.4) is 0 Å². The van der Waals surface area contributed by atoms with Crippen LogP contribution in [0.15, 0.2) is 12.2 Å². The molecule has 0 aromatic carbocycles. The van der Waals surface area contributed by atoms with Gasteiger partial charge in [-0.05, 0) is 20.8 Å². The molecule has 4 heteroatoms. The quantitative estimate of drug-likeness (QED) is 0.678. The van der Waals surface area contributed by atoms with E-state index in [2.05, 4.69) is 6.08 Å². The minimum absolute atomic E-state index is 0.252. The Morgan fingerprint density at radius 3 is 2.75 bits per heavy atom. The Balaban J connectivity index is 2.49. The van der Waals surface area contributed by atoms with Crippen LogP contribution in [0, 0.1) is 5.92 Å². The third kappa shape index (κ3) is 4.23. The average molecular weight is 227 g/mol. The second kappa shape index (κ2) is 5.34. The van der Waals surface area contributed by atoms with Crippen molar-refractivity contribution in [2.24, 2.45) is 5.92 Å². The van der Waals surface area contributed by atoms with Crippen LogP contribution in [0.4, 0.5) is 4.79 Å². The van der Waals surface area contributed by atoms with E-state index in [1.165, 1.54) is 0 Å². The SMILES string of the molecule is COC[C@@H]1C=CCN(C(=O)OC(C)(C)C)C1. The number of nitrogens with zero attached hydrogens (tertiary/aromatic N) is 1. The highest BCUT2D eigenvalue weighted by atomic mass is 16.6. The summed E-state index contributed by atoms with van der Waals surface area (Å²) in [4.78, 5) is 13.5. The first-order chi connectivity index (χ1) is 7.42. The summed E-state index contributed by atoms with van der Waals surface area (Å²) in [5, 5.41) is 0. The van der Waals surface area contributed by atoms with Gasteiger partial charge in [-0.1, -0.05) is 12.2 Å². The molecule has 0 unspecified atom stereocenters. The molecule has 16 heavy (non-hydrogen) atoms. The van der Waals surface area contributed by atoms with Gasteiger partial charge in [-0.15, -0.1) is 0 Å². The summed E-state index contributed by atoms with van der Waals surface area (Å²) in [6.07, 6.45) is 3.82. The number of carbonyl (C=O) groups excluding carboxylic acids is 1. The van der Waals surface area contributed by atoms with Gasteiger partial charge in [0.2, 0.25) is 0 Å². The summed E-state index contributed by atoms with van der Waals surface area (Å²) in [5.41, 5.74) is -0.436. The molecule has 0 radical (unpaired) electrons. The molecule has 0 fully saturated rings. The van der Waals surface area contributed by atoms with E-state index < -0.39 is 5.60 Å². The van der Waals surface area contributed by atoms with Gasteiger partial charge in [0.25, 0.3) is 0 Å². The minimum Gasteiger partial charge on any atom is -0.444 e. The molecule has 1 amide bonds. The Labute approximate surface area is 97.2 Å². The molecule has 0 saturated carbocycles. The summed E-state index contributed by atoms with van der Waals surface area (Å²) in [6.45, 7) is 7.54. The van der Waals surface area contributed by atoms with Crippen molar-refractivity contribution < 1.29 is 14.3 Å². The van der Waals surface area contributed by atoms with Crippen molar-refractivity contribution in [2.75, 3.05) is 26.8 Å². The second-order valence-electron chi connectivity index (χ2n) is 5.03. The van der Waals surface area contributed by atoms with Crippen LogP contribution in [-0.4, -0.2) is 43.4 Å². The standard InChI is InChI=1S/C12H21NO3/c1-12(2,3)16-11(14)13-7-5-6-10(8-13)9-15-4/h5-6,10H,7-9H2,1-4H3/t10-/m1/s1. The van der Waals surface area contributed by atoms with Gasteiger partial charge >= 0.3 is 6.09 Å². The van der Waals surface area contributed by atoms with E-state index in [1.54, 1.807) is 12.0 Å². The van der Waals surface area contributed by atoms with Crippen molar-refractivity contribution >= 4 is 6.09 Å². The van der Waals surface area contributed by atoms with Crippen molar-refractivity contribution in [1.29, 1.82) is 0 Å². The van der Waals surface area contributed by atoms with Gasteiger partial charge in [0.15, 0.2) is 0 Å². The largest absolute Gasteiger partial charge is 0.444 e. The maximum atomic E-state index is 11.8. The van der Waals surface area contributed by atoms with E-state index in [0.29, 0.717) is 19.7 Å². The zero-order chi connectivity index (χ0) is 12.2. The van der Waals surface area contributed by atoms with E-state index >= 15 is 0 Å². The molecule has 1 atom stereocenters. The third-order valence-corrected chi connectivity index (χ3v) is 2.22. The summed E-state index contributed by atoms with van der Waals surface area (Å²) < 4.78 is 10.4. The second-order valence-corrected chi connectivity index (χ2v) is 5.03. The van der Waals surface area contributed by atoms with Crippen LogP contribution in [0.25, 0.3) is 0 Å². The number of rotatable bonds is 2. The normalized spacial score (nSPS) is 21.0. The Morgan fingerprint density at radius 1 is 1.50 bits per heavy atom. The van der Waals surface area contributed by atoms with Crippen LogP contribution in [0.5, 0.6) is 0 Å². The zero-order valence-electron chi connectivity index (χ0n) is 10.5. The highest BCUT2D eigenvalue weighted by molar-refractivity contribution is 5.68. The van der Waals surface area contributed by atoms with Crippen molar-refractivity contribution in [2.45, 2.75) is 26.4 Å². The predicted molar refractivity (Wildman–Crippen MR) is 62.3 cm³/mol. The zero-order valence-corrected chi connectivity index (χ0v) is 10.5. The van der Waals surface area contributed by atoms with Crippen molar-refractivity contribution in [3.8, 4) is 0 Å². The lowest BCUT2D eigenvalue weighted by atomic mass is 10.1. The van der Waals surface area contributed by atoms with Gasteiger partial charge in [0.1, 0.15) is 5.60 Å². The fraction of sp³-hybridized carbons (Fsp3) is 0.750. The van der Waals surface area contributed by atoms with Crippen LogP contribution in [-0.2, 0) is 9.47 Å². The monoisotopic (exact) mass is 227 g/mol. The summed E-state index contributed by atoms with van der Waals surface area (Å²) in [5.74, 6) is 0.270. The Kier molecular flexibility index (Phi) is 4.35. The number of methoxy groups -OCH3 is 1. The third-order valence-electron chi connectivity index (χ3n) is 2.22. The van der Waals surface area contributed by atoms with Crippen LogP contribution < -0.4 is 0 Å². The van der Waals surface area contributed by atoms with Crippen LogP contribution in [0.2, 0.25) is 0 Å². The number of ether oxygens (including phenoxy) is 2. The van der Waals surface area contributed by atoms with Crippen molar-refractivity contribution in [1.82, 2.24) is 4.90 Å². The number of hydrogen-bond acceptors (Lipinski definition) is 3. The molecule has 0 aromatic heterocycles. The first-order valence-corrected chi connectivity index (χ1v) is 5.56. The van der Waals surface area contributed by atoms with E-state index in [0.717, 1.165) is 0 Å². The molecule has 92 valence electrons. The molecule has 0 bridgehead atoms.